The van der Waals surface area contributed by atoms with Gasteiger partial charge in [0.2, 0.25) is 0 Å². The van der Waals surface area contributed by atoms with Gasteiger partial charge in [-0.15, -0.1) is 0 Å². The molecule has 4 nitrogen and oxygen atoms in total. The van der Waals surface area contributed by atoms with Crippen LogP contribution in [0.4, 0.5) is 0 Å². The Hall–Kier alpha value is -0.610. The maximum absolute atomic E-state index is 12.6. The van der Waals surface area contributed by atoms with Gasteiger partial charge in [0.1, 0.15) is 6.10 Å². The van der Waals surface area contributed by atoms with Crippen molar-refractivity contribution in [1.29, 1.82) is 0 Å². The van der Waals surface area contributed by atoms with Crippen LogP contribution in [-0.4, -0.2) is 61.1 Å². The van der Waals surface area contributed by atoms with Crippen molar-refractivity contribution < 1.29 is 9.53 Å². The molecule has 1 amide bonds. The van der Waals surface area contributed by atoms with Crippen molar-refractivity contribution in [3.8, 4) is 0 Å². The quantitative estimate of drug-likeness (QED) is 0.803. The minimum atomic E-state index is -0.176. The second kappa shape index (κ2) is 7.78. The molecule has 1 aliphatic carbocycles. The average molecular weight is 308 g/mol. The lowest BCUT2D eigenvalue weighted by atomic mass is 9.89. The maximum Gasteiger partial charge on any atom is 0.252 e. The fourth-order valence-electron chi connectivity index (χ4n) is 4.30. The summed E-state index contributed by atoms with van der Waals surface area (Å²) < 4.78 is 5.66. The van der Waals surface area contributed by atoms with Crippen LogP contribution in [0.5, 0.6) is 0 Å². The van der Waals surface area contributed by atoms with Crippen LogP contribution in [0.2, 0.25) is 0 Å². The summed E-state index contributed by atoms with van der Waals surface area (Å²) in [5.41, 5.74) is 0. The molecule has 1 saturated carbocycles. The van der Waals surface area contributed by atoms with Crippen molar-refractivity contribution in [2.75, 3.05) is 39.3 Å². The number of amides is 1. The van der Waals surface area contributed by atoms with Crippen LogP contribution in [0.25, 0.3) is 0 Å². The Morgan fingerprint density at radius 2 is 1.82 bits per heavy atom. The predicted molar refractivity (Wildman–Crippen MR) is 87.7 cm³/mol. The highest BCUT2D eigenvalue weighted by atomic mass is 16.5. The zero-order chi connectivity index (χ0) is 15.4. The van der Waals surface area contributed by atoms with Gasteiger partial charge in [-0.3, -0.25) is 4.79 Å². The topological polar surface area (TPSA) is 32.8 Å². The van der Waals surface area contributed by atoms with Gasteiger partial charge >= 0.3 is 0 Å². The average Bonchev–Trinajstić information content (AvgIpc) is 2.82. The fourth-order valence-corrected chi connectivity index (χ4v) is 4.30. The summed E-state index contributed by atoms with van der Waals surface area (Å²) in [7, 11) is 0. The molecule has 0 aromatic carbocycles. The van der Waals surface area contributed by atoms with Crippen molar-refractivity contribution in [1.82, 2.24) is 9.80 Å². The lowest BCUT2D eigenvalue weighted by molar-refractivity contribution is -0.142. The van der Waals surface area contributed by atoms with E-state index in [0.717, 1.165) is 51.5 Å². The highest BCUT2D eigenvalue weighted by Gasteiger charge is 2.34. The van der Waals surface area contributed by atoms with Crippen LogP contribution in [0.3, 0.4) is 0 Å². The van der Waals surface area contributed by atoms with E-state index in [1.165, 1.54) is 38.6 Å². The van der Waals surface area contributed by atoms with Gasteiger partial charge in [0.05, 0.1) is 0 Å². The van der Waals surface area contributed by atoms with E-state index in [1.54, 1.807) is 0 Å². The number of carbonyl (C=O) groups excluding carboxylic acids is 1. The highest BCUT2D eigenvalue weighted by molar-refractivity contribution is 5.81. The van der Waals surface area contributed by atoms with Crippen LogP contribution in [0.1, 0.15) is 51.9 Å². The number of carbonyl (C=O) groups is 1. The molecule has 0 spiro atoms. The molecule has 4 heteroatoms. The first-order valence-corrected chi connectivity index (χ1v) is 9.37. The predicted octanol–water partition coefficient (Wildman–Crippen LogP) is 2.53. The summed E-state index contributed by atoms with van der Waals surface area (Å²) in [6.07, 6.45) is 9.04. The van der Waals surface area contributed by atoms with E-state index in [4.69, 9.17) is 4.74 Å². The third kappa shape index (κ3) is 4.02. The summed E-state index contributed by atoms with van der Waals surface area (Å²) in [5.74, 6) is 1.52. The summed E-state index contributed by atoms with van der Waals surface area (Å²) in [6, 6.07) is 0. The van der Waals surface area contributed by atoms with E-state index in [-0.39, 0.29) is 12.0 Å². The third-order valence-electron chi connectivity index (χ3n) is 5.77. The van der Waals surface area contributed by atoms with Gasteiger partial charge in [0, 0.05) is 32.8 Å². The molecule has 3 fully saturated rings. The first kappa shape index (κ1) is 16.3. The molecule has 126 valence electrons. The lowest BCUT2D eigenvalue weighted by Crippen LogP contribution is -2.43. The van der Waals surface area contributed by atoms with Crippen LogP contribution in [-0.2, 0) is 9.53 Å². The SMILES string of the molecule is C[C@@H]1CCO[C@@H]1C(=O)N1CCCN(CC2CCCCC2)CC1. The third-order valence-corrected chi connectivity index (χ3v) is 5.77. The molecule has 22 heavy (non-hydrogen) atoms. The second-order valence-corrected chi connectivity index (χ2v) is 7.54. The Morgan fingerprint density at radius 3 is 2.55 bits per heavy atom. The summed E-state index contributed by atoms with van der Waals surface area (Å²) in [5, 5.41) is 0. The van der Waals surface area contributed by atoms with Crippen LogP contribution < -0.4 is 0 Å². The smallest absolute Gasteiger partial charge is 0.252 e. The highest BCUT2D eigenvalue weighted by Crippen LogP contribution is 2.25. The van der Waals surface area contributed by atoms with Gasteiger partial charge in [0.25, 0.3) is 5.91 Å². The van der Waals surface area contributed by atoms with Crippen LogP contribution in [0, 0.1) is 11.8 Å². The molecule has 3 rings (SSSR count). The molecule has 0 aromatic rings. The Balaban J connectivity index is 1.47. The molecular weight excluding hydrogens is 276 g/mol. The molecule has 0 unspecified atom stereocenters. The minimum absolute atomic E-state index is 0.176. The molecule has 0 N–H and O–H groups in total. The zero-order valence-corrected chi connectivity index (χ0v) is 14.1. The lowest BCUT2D eigenvalue weighted by Gasteiger charge is -2.29. The number of rotatable bonds is 3. The van der Waals surface area contributed by atoms with E-state index in [0.29, 0.717) is 5.92 Å². The Bertz CT molecular complexity index is 368. The normalized spacial score (nSPS) is 32.1. The summed E-state index contributed by atoms with van der Waals surface area (Å²) in [6.45, 7) is 8.13. The van der Waals surface area contributed by atoms with Gasteiger partial charge in [-0.1, -0.05) is 26.2 Å². The Labute approximate surface area is 135 Å². The standard InChI is InChI=1S/C18H32N2O2/c1-15-8-13-22-17(15)18(21)20-10-5-9-19(11-12-20)14-16-6-3-2-4-7-16/h15-17H,2-14H2,1H3/t15-,17+/m1/s1. The van der Waals surface area contributed by atoms with Crippen molar-refractivity contribution in [2.45, 2.75) is 58.0 Å². The van der Waals surface area contributed by atoms with E-state index < -0.39 is 0 Å². The van der Waals surface area contributed by atoms with E-state index >= 15 is 0 Å². The fraction of sp³-hybridized carbons (Fsp3) is 0.944. The molecule has 3 aliphatic rings. The number of ether oxygens (including phenoxy) is 1. The van der Waals surface area contributed by atoms with Crippen molar-refractivity contribution in [2.24, 2.45) is 11.8 Å². The van der Waals surface area contributed by atoms with Gasteiger partial charge < -0.3 is 14.5 Å². The maximum atomic E-state index is 12.6. The van der Waals surface area contributed by atoms with Crippen molar-refractivity contribution in [3.63, 3.8) is 0 Å². The van der Waals surface area contributed by atoms with Gasteiger partial charge in [-0.25, -0.2) is 0 Å². The number of nitrogens with zero attached hydrogens (tertiary/aromatic N) is 2. The molecule has 2 heterocycles. The number of hydrogen-bond acceptors (Lipinski definition) is 3. The van der Waals surface area contributed by atoms with Crippen molar-refractivity contribution in [3.05, 3.63) is 0 Å². The largest absolute Gasteiger partial charge is 0.368 e. The monoisotopic (exact) mass is 308 g/mol. The molecule has 0 bridgehead atoms. The van der Waals surface area contributed by atoms with Gasteiger partial charge in [-0.05, 0) is 44.1 Å². The Kier molecular flexibility index (Phi) is 5.75. The van der Waals surface area contributed by atoms with Gasteiger partial charge in [0.15, 0.2) is 0 Å². The number of hydrogen-bond donors (Lipinski definition) is 0. The molecule has 2 aliphatic heterocycles. The molecule has 2 saturated heterocycles. The molecule has 2 atom stereocenters. The van der Waals surface area contributed by atoms with Crippen molar-refractivity contribution >= 4 is 5.91 Å². The second-order valence-electron chi connectivity index (χ2n) is 7.54. The van der Waals surface area contributed by atoms with E-state index in [9.17, 15) is 4.79 Å². The minimum Gasteiger partial charge on any atom is -0.368 e. The summed E-state index contributed by atoms with van der Waals surface area (Å²) >= 11 is 0. The first-order chi connectivity index (χ1) is 10.7. The van der Waals surface area contributed by atoms with E-state index in [1.807, 2.05) is 0 Å². The molecule has 0 radical (unpaired) electrons. The Morgan fingerprint density at radius 1 is 1.00 bits per heavy atom. The van der Waals surface area contributed by atoms with Crippen LogP contribution in [0.15, 0.2) is 0 Å². The zero-order valence-electron chi connectivity index (χ0n) is 14.1. The van der Waals surface area contributed by atoms with E-state index in [2.05, 4.69) is 16.7 Å². The summed E-state index contributed by atoms with van der Waals surface area (Å²) in [4.78, 5) is 17.3. The molecular formula is C18H32N2O2. The van der Waals surface area contributed by atoms with Gasteiger partial charge in [-0.2, -0.15) is 0 Å². The van der Waals surface area contributed by atoms with Crippen LogP contribution >= 0.6 is 0 Å². The first-order valence-electron chi connectivity index (χ1n) is 9.37. The molecule has 0 aromatic heterocycles.